The Hall–Kier alpha value is -6.91. The van der Waals surface area contributed by atoms with Crippen molar-refractivity contribution in [2.24, 2.45) is 0 Å². The summed E-state index contributed by atoms with van der Waals surface area (Å²) in [6.45, 7) is 0. The Morgan fingerprint density at radius 3 is 1.76 bits per heavy atom. The fourth-order valence-electron chi connectivity index (χ4n) is 7.26. The van der Waals surface area contributed by atoms with Gasteiger partial charge in [-0.2, -0.15) is 0 Å². The standard InChI is InChI=1S/C47H29N3O/c1-3-14-31(15-4-1)41-29-36(28-34-19-9-10-20-37(34)41)46-48-45(32-16-5-2-6-17-32)49-47(50-46)40-23-12-24-42-43(40)39-22-11-21-38(44(39)51-42)35-26-25-30-13-7-8-18-33(30)27-35/h1-29H. The third-order valence-electron chi connectivity index (χ3n) is 9.70. The molecule has 4 heteroatoms. The van der Waals surface area contributed by atoms with Crippen molar-refractivity contribution in [3.63, 3.8) is 0 Å². The average Bonchev–Trinajstić information content (AvgIpc) is 3.60. The number of nitrogens with zero attached hydrogens (tertiary/aromatic N) is 3. The molecule has 4 nitrogen and oxygen atoms in total. The molecule has 0 radical (unpaired) electrons. The molecule has 51 heavy (non-hydrogen) atoms. The highest BCUT2D eigenvalue weighted by atomic mass is 16.3. The first kappa shape index (κ1) is 29.0. The van der Waals surface area contributed by atoms with Gasteiger partial charge >= 0.3 is 0 Å². The van der Waals surface area contributed by atoms with Crippen molar-refractivity contribution in [3.8, 4) is 56.4 Å². The molecular weight excluding hydrogens is 623 g/mol. The van der Waals surface area contributed by atoms with Gasteiger partial charge in [0.2, 0.25) is 0 Å². The van der Waals surface area contributed by atoms with Gasteiger partial charge in [0.15, 0.2) is 17.5 Å². The monoisotopic (exact) mass is 651 g/mol. The van der Waals surface area contributed by atoms with Crippen LogP contribution in [0.3, 0.4) is 0 Å². The van der Waals surface area contributed by atoms with Gasteiger partial charge in [-0.25, -0.2) is 15.0 Å². The van der Waals surface area contributed by atoms with Crippen molar-refractivity contribution in [2.75, 3.05) is 0 Å². The molecule has 0 unspecified atom stereocenters. The van der Waals surface area contributed by atoms with E-state index in [-0.39, 0.29) is 0 Å². The van der Waals surface area contributed by atoms with Gasteiger partial charge in [-0.3, -0.25) is 0 Å². The van der Waals surface area contributed by atoms with Crippen LogP contribution in [0.4, 0.5) is 0 Å². The van der Waals surface area contributed by atoms with Crippen LogP contribution in [0, 0.1) is 0 Å². The molecular formula is C47H29N3O. The highest BCUT2D eigenvalue weighted by molar-refractivity contribution is 6.15. The molecule has 0 bridgehead atoms. The molecule has 0 spiro atoms. The van der Waals surface area contributed by atoms with E-state index in [9.17, 15) is 0 Å². The second-order valence-electron chi connectivity index (χ2n) is 12.8. The largest absolute Gasteiger partial charge is 0.455 e. The van der Waals surface area contributed by atoms with E-state index in [1.54, 1.807) is 0 Å². The van der Waals surface area contributed by atoms with Gasteiger partial charge < -0.3 is 4.42 Å². The smallest absolute Gasteiger partial charge is 0.164 e. The number of fused-ring (bicyclic) bond motifs is 5. The molecule has 0 amide bonds. The van der Waals surface area contributed by atoms with E-state index in [0.717, 1.165) is 66.3 Å². The number of rotatable bonds is 5. The molecule has 0 fully saturated rings. The summed E-state index contributed by atoms with van der Waals surface area (Å²) < 4.78 is 6.68. The number of benzene rings is 8. The van der Waals surface area contributed by atoms with Crippen LogP contribution in [0.5, 0.6) is 0 Å². The average molecular weight is 652 g/mol. The Morgan fingerprint density at radius 1 is 0.333 bits per heavy atom. The third kappa shape index (κ3) is 5.04. The van der Waals surface area contributed by atoms with Crippen LogP contribution in [-0.2, 0) is 0 Å². The predicted octanol–water partition coefficient (Wildman–Crippen LogP) is 12.4. The number of hydrogen-bond acceptors (Lipinski definition) is 4. The Bertz CT molecular complexity index is 2910. The van der Waals surface area contributed by atoms with Crippen molar-refractivity contribution < 1.29 is 4.42 Å². The van der Waals surface area contributed by atoms with Gasteiger partial charge in [0.25, 0.3) is 0 Å². The SMILES string of the molecule is c1ccc(-c2nc(-c3cc(-c4ccccc4)c4ccccc4c3)nc(-c3cccc4oc5c(-c6ccc7ccccc7c6)cccc5c34)n2)cc1. The van der Waals surface area contributed by atoms with E-state index in [4.69, 9.17) is 19.4 Å². The maximum Gasteiger partial charge on any atom is 0.164 e. The summed E-state index contributed by atoms with van der Waals surface area (Å²) in [4.78, 5) is 15.5. The van der Waals surface area contributed by atoms with Gasteiger partial charge in [0, 0.05) is 33.0 Å². The van der Waals surface area contributed by atoms with E-state index in [2.05, 4.69) is 127 Å². The Labute approximate surface area is 294 Å². The lowest BCUT2D eigenvalue weighted by molar-refractivity contribution is 0.670. The van der Waals surface area contributed by atoms with Crippen molar-refractivity contribution >= 4 is 43.5 Å². The summed E-state index contributed by atoms with van der Waals surface area (Å²) in [6.07, 6.45) is 0. The zero-order valence-corrected chi connectivity index (χ0v) is 27.5. The van der Waals surface area contributed by atoms with Crippen LogP contribution in [0.1, 0.15) is 0 Å². The fraction of sp³-hybridized carbons (Fsp3) is 0. The first-order valence-electron chi connectivity index (χ1n) is 17.1. The first-order chi connectivity index (χ1) is 25.3. The van der Waals surface area contributed by atoms with Crippen molar-refractivity contribution in [1.82, 2.24) is 15.0 Å². The molecule has 238 valence electrons. The highest BCUT2D eigenvalue weighted by Crippen LogP contribution is 2.41. The minimum atomic E-state index is 0.595. The quantitative estimate of drug-likeness (QED) is 0.186. The van der Waals surface area contributed by atoms with Gasteiger partial charge in [-0.05, 0) is 62.5 Å². The van der Waals surface area contributed by atoms with E-state index in [1.807, 2.05) is 48.5 Å². The predicted molar refractivity (Wildman–Crippen MR) is 209 cm³/mol. The Kier molecular flexibility index (Phi) is 6.78. The second kappa shape index (κ2) is 11.9. The van der Waals surface area contributed by atoms with Crippen LogP contribution in [0.25, 0.3) is 99.9 Å². The Morgan fingerprint density at radius 2 is 0.941 bits per heavy atom. The number of para-hydroxylation sites is 1. The minimum absolute atomic E-state index is 0.595. The number of hydrogen-bond donors (Lipinski definition) is 0. The molecule has 0 aliphatic carbocycles. The van der Waals surface area contributed by atoms with Gasteiger partial charge in [-0.15, -0.1) is 0 Å². The van der Waals surface area contributed by atoms with Crippen molar-refractivity contribution in [3.05, 3.63) is 176 Å². The van der Waals surface area contributed by atoms with E-state index < -0.39 is 0 Å². The maximum absolute atomic E-state index is 6.68. The van der Waals surface area contributed by atoms with Crippen LogP contribution >= 0.6 is 0 Å². The molecule has 10 rings (SSSR count). The first-order valence-corrected chi connectivity index (χ1v) is 17.1. The minimum Gasteiger partial charge on any atom is -0.455 e. The van der Waals surface area contributed by atoms with Crippen LogP contribution in [-0.4, -0.2) is 15.0 Å². The lowest BCUT2D eigenvalue weighted by Gasteiger charge is -2.12. The molecule has 0 aliphatic heterocycles. The zero-order chi connectivity index (χ0) is 33.7. The summed E-state index contributed by atoms with van der Waals surface area (Å²) in [5.74, 6) is 1.83. The van der Waals surface area contributed by atoms with Gasteiger partial charge in [0.05, 0.1) is 0 Å². The van der Waals surface area contributed by atoms with Crippen LogP contribution < -0.4 is 0 Å². The lowest BCUT2D eigenvalue weighted by atomic mass is 9.95. The third-order valence-corrected chi connectivity index (χ3v) is 9.70. The normalized spacial score (nSPS) is 11.5. The molecule has 8 aromatic carbocycles. The summed E-state index contributed by atoms with van der Waals surface area (Å²) in [5.41, 5.74) is 8.81. The topological polar surface area (TPSA) is 51.8 Å². The second-order valence-corrected chi connectivity index (χ2v) is 12.8. The summed E-state index contributed by atoms with van der Waals surface area (Å²) in [6, 6.07) is 61.0. The highest BCUT2D eigenvalue weighted by Gasteiger charge is 2.20. The summed E-state index contributed by atoms with van der Waals surface area (Å²) >= 11 is 0. The molecule has 10 aromatic rings. The molecule has 2 heterocycles. The van der Waals surface area contributed by atoms with E-state index in [1.165, 1.54) is 16.2 Å². The maximum atomic E-state index is 6.68. The van der Waals surface area contributed by atoms with Crippen molar-refractivity contribution in [1.29, 1.82) is 0 Å². The van der Waals surface area contributed by atoms with Gasteiger partial charge in [0.1, 0.15) is 11.2 Å². The molecule has 0 N–H and O–H groups in total. The summed E-state index contributed by atoms with van der Waals surface area (Å²) in [7, 11) is 0. The van der Waals surface area contributed by atoms with Crippen molar-refractivity contribution in [2.45, 2.75) is 0 Å². The molecule has 0 aliphatic rings. The van der Waals surface area contributed by atoms with Crippen LogP contribution in [0.15, 0.2) is 180 Å². The molecule has 0 atom stereocenters. The molecule has 0 saturated heterocycles. The van der Waals surface area contributed by atoms with Crippen LogP contribution in [0.2, 0.25) is 0 Å². The van der Waals surface area contributed by atoms with E-state index >= 15 is 0 Å². The zero-order valence-electron chi connectivity index (χ0n) is 27.5. The van der Waals surface area contributed by atoms with Gasteiger partial charge in [-0.1, -0.05) is 152 Å². The number of aromatic nitrogens is 3. The van der Waals surface area contributed by atoms with E-state index in [0.29, 0.717) is 17.5 Å². The number of furan rings is 1. The molecule has 0 saturated carbocycles. The molecule has 2 aromatic heterocycles. The Balaban J connectivity index is 1.20. The summed E-state index contributed by atoms with van der Waals surface area (Å²) in [5, 5.41) is 6.71. The fourth-order valence-corrected chi connectivity index (χ4v) is 7.26. The lowest BCUT2D eigenvalue weighted by Crippen LogP contribution is -2.00.